The first-order valence-electron chi connectivity index (χ1n) is 9.70. The van der Waals surface area contributed by atoms with E-state index in [1.54, 1.807) is 43.5 Å². The summed E-state index contributed by atoms with van der Waals surface area (Å²) in [5.41, 5.74) is 1.28. The minimum absolute atomic E-state index is 0.176. The molecule has 1 saturated heterocycles. The number of phenolic OH excluding ortho intramolecular Hbond substituents is 1. The molecule has 0 aromatic heterocycles. The van der Waals surface area contributed by atoms with Gasteiger partial charge >= 0.3 is 0 Å². The summed E-state index contributed by atoms with van der Waals surface area (Å²) in [7, 11) is 3.08. The fourth-order valence-corrected chi connectivity index (χ4v) is 3.98. The number of amides is 1. The number of carbonyl (C=O) groups excluding carboxylic acids is 1. The van der Waals surface area contributed by atoms with Crippen molar-refractivity contribution in [2.75, 3.05) is 33.9 Å². The van der Waals surface area contributed by atoms with Gasteiger partial charge in [-0.3, -0.25) is 9.69 Å². The molecule has 0 bridgehead atoms. The first kappa shape index (κ1) is 21.3. The van der Waals surface area contributed by atoms with Gasteiger partial charge < -0.3 is 19.9 Å². The van der Waals surface area contributed by atoms with Crippen LogP contribution in [0.2, 0.25) is 5.02 Å². The molecule has 0 unspecified atom stereocenters. The molecule has 156 valence electrons. The van der Waals surface area contributed by atoms with E-state index in [9.17, 15) is 9.90 Å². The Morgan fingerprint density at radius 1 is 1.28 bits per heavy atom. The third kappa shape index (κ3) is 5.34. The molecule has 6 nitrogen and oxygen atoms in total. The molecular formula is C22H27ClN2O4. The summed E-state index contributed by atoms with van der Waals surface area (Å²) in [6.45, 7) is 3.03. The number of carbonyl (C=O) groups is 1. The maximum atomic E-state index is 12.7. The van der Waals surface area contributed by atoms with Crippen molar-refractivity contribution in [1.82, 2.24) is 10.2 Å². The monoisotopic (exact) mass is 418 g/mol. The number of phenols is 1. The third-order valence-corrected chi connectivity index (χ3v) is 5.47. The van der Waals surface area contributed by atoms with Gasteiger partial charge in [-0.2, -0.15) is 0 Å². The second kappa shape index (κ2) is 9.85. The average molecular weight is 419 g/mol. The van der Waals surface area contributed by atoms with Crippen LogP contribution < -0.4 is 14.8 Å². The van der Waals surface area contributed by atoms with Gasteiger partial charge in [0.15, 0.2) is 11.5 Å². The zero-order valence-electron chi connectivity index (χ0n) is 16.8. The summed E-state index contributed by atoms with van der Waals surface area (Å²) < 4.78 is 10.6. The second-order valence-electron chi connectivity index (χ2n) is 7.27. The lowest BCUT2D eigenvalue weighted by atomic mass is 9.97. The van der Waals surface area contributed by atoms with Crippen molar-refractivity contribution in [3.05, 3.63) is 52.5 Å². The molecule has 1 fully saturated rings. The van der Waals surface area contributed by atoms with Crippen LogP contribution in [0.3, 0.4) is 0 Å². The smallest absolute Gasteiger partial charge is 0.255 e. The van der Waals surface area contributed by atoms with E-state index in [4.69, 9.17) is 21.1 Å². The number of halogens is 1. The number of likely N-dealkylation sites (tertiary alicyclic amines) is 1. The molecule has 29 heavy (non-hydrogen) atoms. The molecule has 1 atom stereocenters. The van der Waals surface area contributed by atoms with Crippen LogP contribution >= 0.6 is 11.6 Å². The van der Waals surface area contributed by atoms with Crippen molar-refractivity contribution in [3.8, 4) is 17.2 Å². The molecule has 7 heteroatoms. The highest BCUT2D eigenvalue weighted by Crippen LogP contribution is 2.31. The fourth-order valence-electron chi connectivity index (χ4n) is 3.78. The number of rotatable bonds is 7. The Morgan fingerprint density at radius 2 is 2.10 bits per heavy atom. The summed E-state index contributed by atoms with van der Waals surface area (Å²) in [4.78, 5) is 15.0. The van der Waals surface area contributed by atoms with Gasteiger partial charge in [-0.15, -0.1) is 0 Å². The maximum Gasteiger partial charge on any atom is 0.255 e. The van der Waals surface area contributed by atoms with Crippen molar-refractivity contribution < 1.29 is 19.4 Å². The summed E-state index contributed by atoms with van der Waals surface area (Å²) >= 11 is 6.06. The molecule has 3 rings (SSSR count). The molecule has 2 aromatic rings. The molecule has 1 amide bonds. The minimum Gasteiger partial charge on any atom is -0.508 e. The minimum atomic E-state index is -0.176. The van der Waals surface area contributed by atoms with Crippen LogP contribution in [0.25, 0.3) is 0 Å². The number of para-hydroxylation sites is 1. The summed E-state index contributed by atoms with van der Waals surface area (Å²) in [5.74, 6) is 1.39. The summed E-state index contributed by atoms with van der Waals surface area (Å²) in [6, 6.07) is 10.4. The molecule has 2 N–H and O–H groups in total. The van der Waals surface area contributed by atoms with Crippen LogP contribution in [0.15, 0.2) is 36.4 Å². The normalized spacial score (nSPS) is 17.0. The maximum absolute atomic E-state index is 12.7. The van der Waals surface area contributed by atoms with Crippen LogP contribution in [0.1, 0.15) is 28.8 Å². The lowest BCUT2D eigenvalue weighted by molar-refractivity contribution is 0.0927. The van der Waals surface area contributed by atoms with Gasteiger partial charge in [0.25, 0.3) is 5.91 Å². The van der Waals surface area contributed by atoms with E-state index in [0.29, 0.717) is 41.1 Å². The Hall–Kier alpha value is -2.44. The predicted molar refractivity (Wildman–Crippen MR) is 113 cm³/mol. The van der Waals surface area contributed by atoms with Crippen molar-refractivity contribution in [1.29, 1.82) is 0 Å². The molecule has 0 spiro atoms. The highest BCUT2D eigenvalue weighted by Gasteiger charge is 2.23. The Labute approximate surface area is 176 Å². The van der Waals surface area contributed by atoms with Gasteiger partial charge in [-0.1, -0.05) is 17.7 Å². The first-order valence-corrected chi connectivity index (χ1v) is 10.1. The molecule has 1 heterocycles. The summed E-state index contributed by atoms with van der Waals surface area (Å²) in [5, 5.41) is 13.7. The molecular weight excluding hydrogens is 392 g/mol. The topological polar surface area (TPSA) is 71.0 Å². The zero-order valence-corrected chi connectivity index (χ0v) is 17.5. The van der Waals surface area contributed by atoms with Crippen molar-refractivity contribution in [2.24, 2.45) is 5.92 Å². The predicted octanol–water partition coefficient (Wildman–Crippen LogP) is 3.70. The SMILES string of the molecule is COc1cccc(C(=O)NC[C@@H]2CCCN(Cc3cc(Cl)ccc3O)C2)c1OC. The Morgan fingerprint density at radius 3 is 2.86 bits per heavy atom. The van der Waals surface area contributed by atoms with E-state index in [2.05, 4.69) is 10.2 Å². The average Bonchev–Trinajstić information content (AvgIpc) is 2.74. The molecule has 1 aliphatic heterocycles. The largest absolute Gasteiger partial charge is 0.508 e. The standard InChI is InChI=1S/C22H27ClN2O4/c1-28-20-7-3-6-18(21(20)29-2)22(27)24-12-15-5-4-10-25(13-15)14-16-11-17(23)8-9-19(16)26/h3,6-9,11,15,26H,4-5,10,12-14H2,1-2H3,(H,24,27)/t15-/m0/s1. The molecule has 2 aromatic carbocycles. The van der Waals surface area contributed by atoms with E-state index >= 15 is 0 Å². The first-order chi connectivity index (χ1) is 14.0. The van der Waals surface area contributed by atoms with Crippen LogP contribution in [0.5, 0.6) is 17.2 Å². The van der Waals surface area contributed by atoms with Gasteiger partial charge in [-0.05, 0) is 55.6 Å². The van der Waals surface area contributed by atoms with E-state index in [-0.39, 0.29) is 11.7 Å². The number of nitrogens with one attached hydrogen (secondary N) is 1. The van der Waals surface area contributed by atoms with E-state index < -0.39 is 0 Å². The van der Waals surface area contributed by atoms with Crippen LogP contribution in [0.4, 0.5) is 0 Å². The number of ether oxygens (including phenoxy) is 2. The molecule has 1 aliphatic rings. The third-order valence-electron chi connectivity index (χ3n) is 5.24. The van der Waals surface area contributed by atoms with Crippen molar-refractivity contribution in [3.63, 3.8) is 0 Å². The zero-order chi connectivity index (χ0) is 20.8. The van der Waals surface area contributed by atoms with Gasteiger partial charge in [0.05, 0.1) is 19.8 Å². The molecule has 0 radical (unpaired) electrons. The van der Waals surface area contributed by atoms with E-state index in [1.165, 1.54) is 7.11 Å². The number of methoxy groups -OCH3 is 2. The van der Waals surface area contributed by atoms with E-state index in [0.717, 1.165) is 31.5 Å². The Balaban J connectivity index is 1.58. The van der Waals surface area contributed by atoms with Gasteiger partial charge in [0, 0.05) is 30.2 Å². The number of hydrogen-bond donors (Lipinski definition) is 2. The van der Waals surface area contributed by atoms with Crippen molar-refractivity contribution >= 4 is 17.5 Å². The number of aromatic hydroxyl groups is 1. The van der Waals surface area contributed by atoms with Crippen LogP contribution in [-0.2, 0) is 6.54 Å². The van der Waals surface area contributed by atoms with Crippen LogP contribution in [-0.4, -0.2) is 49.8 Å². The molecule has 0 aliphatic carbocycles. The second-order valence-corrected chi connectivity index (χ2v) is 7.70. The van der Waals surface area contributed by atoms with Crippen LogP contribution in [0, 0.1) is 5.92 Å². The summed E-state index contributed by atoms with van der Waals surface area (Å²) in [6.07, 6.45) is 2.10. The lowest BCUT2D eigenvalue weighted by Crippen LogP contribution is -2.40. The van der Waals surface area contributed by atoms with Crippen molar-refractivity contribution in [2.45, 2.75) is 19.4 Å². The molecule has 0 saturated carbocycles. The van der Waals surface area contributed by atoms with Gasteiger partial charge in [-0.25, -0.2) is 0 Å². The quantitative estimate of drug-likeness (QED) is 0.717. The Bertz CT molecular complexity index is 859. The van der Waals surface area contributed by atoms with E-state index in [1.807, 2.05) is 0 Å². The lowest BCUT2D eigenvalue weighted by Gasteiger charge is -2.33. The number of benzene rings is 2. The Kier molecular flexibility index (Phi) is 7.23. The highest BCUT2D eigenvalue weighted by atomic mass is 35.5. The number of nitrogens with zero attached hydrogens (tertiary/aromatic N) is 1. The fraction of sp³-hybridized carbons (Fsp3) is 0.409. The number of piperidine rings is 1. The van der Waals surface area contributed by atoms with Gasteiger partial charge in [0.2, 0.25) is 0 Å². The number of hydrogen-bond acceptors (Lipinski definition) is 5. The highest BCUT2D eigenvalue weighted by molar-refractivity contribution is 6.30. The van der Waals surface area contributed by atoms with Gasteiger partial charge in [0.1, 0.15) is 5.75 Å².